The van der Waals surface area contributed by atoms with E-state index < -0.39 is 0 Å². The lowest BCUT2D eigenvalue weighted by Gasteiger charge is -1.90. The second-order valence-electron chi connectivity index (χ2n) is 0.956. The summed E-state index contributed by atoms with van der Waals surface area (Å²) in [7, 11) is 1.00. The van der Waals surface area contributed by atoms with Gasteiger partial charge in [-0.05, 0) is 6.92 Å². The van der Waals surface area contributed by atoms with Crippen LogP contribution in [0.5, 0.6) is 0 Å². The number of rotatable bonds is 2. The molecule has 0 fully saturated rings. The summed E-state index contributed by atoms with van der Waals surface area (Å²) >= 11 is 0. The molecule has 3 heteroatoms. The number of carbonyl (C=O) groups excluding carboxylic acids is 1. The second kappa shape index (κ2) is 10.2. The summed E-state index contributed by atoms with van der Waals surface area (Å²) < 4.78 is 4.43. The summed E-state index contributed by atoms with van der Waals surface area (Å²) in [5.41, 5.74) is 0. The zero-order valence-electron chi connectivity index (χ0n) is 5.76. The maximum absolute atomic E-state index is 10.1. The standard InChI is InChI=1S/C5H8O2.CH4O/c1-3-5(6)7-4-2;1-2/h3H,1,4H2,2H3;2H,1H3. The van der Waals surface area contributed by atoms with Gasteiger partial charge in [-0.25, -0.2) is 4.79 Å². The smallest absolute Gasteiger partial charge is 0.330 e. The van der Waals surface area contributed by atoms with Crippen LogP contribution in [0.25, 0.3) is 0 Å². The van der Waals surface area contributed by atoms with Crippen LogP contribution in [0.2, 0.25) is 0 Å². The van der Waals surface area contributed by atoms with E-state index in [0.717, 1.165) is 13.2 Å². The van der Waals surface area contributed by atoms with Crippen molar-refractivity contribution in [2.24, 2.45) is 0 Å². The minimum absolute atomic E-state index is 0.359. The molecule has 0 saturated heterocycles. The van der Waals surface area contributed by atoms with Crippen molar-refractivity contribution in [2.45, 2.75) is 6.92 Å². The lowest BCUT2D eigenvalue weighted by molar-refractivity contribution is -0.137. The summed E-state index contributed by atoms with van der Waals surface area (Å²) in [6.07, 6.45) is 1.14. The van der Waals surface area contributed by atoms with E-state index in [1.54, 1.807) is 6.92 Å². The molecule has 0 bridgehead atoms. The molecule has 0 aliphatic carbocycles. The number of aliphatic hydroxyl groups is 1. The number of ether oxygens (including phenoxy) is 1. The van der Waals surface area contributed by atoms with E-state index in [9.17, 15) is 4.79 Å². The zero-order valence-corrected chi connectivity index (χ0v) is 5.76. The van der Waals surface area contributed by atoms with Crippen LogP contribution in [0.3, 0.4) is 0 Å². The highest BCUT2D eigenvalue weighted by Gasteiger charge is 1.86. The van der Waals surface area contributed by atoms with Crippen molar-refractivity contribution < 1.29 is 14.6 Å². The average molecular weight is 132 g/mol. The molecule has 0 aliphatic heterocycles. The molecule has 0 spiro atoms. The average Bonchev–Trinajstić information content (AvgIpc) is 1.93. The quantitative estimate of drug-likeness (QED) is 0.435. The Kier molecular flexibility index (Phi) is 12.5. The number of carbonyl (C=O) groups is 1. The Labute approximate surface area is 54.9 Å². The SMILES string of the molecule is C=CC(=O)OCC.CO. The van der Waals surface area contributed by atoms with E-state index in [2.05, 4.69) is 11.3 Å². The van der Waals surface area contributed by atoms with Crippen molar-refractivity contribution in [3.63, 3.8) is 0 Å². The molecule has 0 aromatic carbocycles. The van der Waals surface area contributed by atoms with Gasteiger partial charge in [0.2, 0.25) is 0 Å². The van der Waals surface area contributed by atoms with Gasteiger partial charge in [-0.15, -0.1) is 0 Å². The molecule has 3 nitrogen and oxygen atoms in total. The van der Waals surface area contributed by atoms with Crippen LogP contribution in [0.15, 0.2) is 12.7 Å². The molecule has 9 heavy (non-hydrogen) atoms. The Bertz CT molecular complexity index is 78.4. The molecule has 0 aromatic rings. The second-order valence-corrected chi connectivity index (χ2v) is 0.956. The highest BCUT2D eigenvalue weighted by atomic mass is 16.5. The Morgan fingerprint density at radius 1 is 1.78 bits per heavy atom. The Morgan fingerprint density at radius 2 is 2.22 bits per heavy atom. The van der Waals surface area contributed by atoms with Crippen molar-refractivity contribution in [2.75, 3.05) is 13.7 Å². The molecule has 0 saturated carbocycles. The monoisotopic (exact) mass is 132 g/mol. The number of hydrogen-bond donors (Lipinski definition) is 1. The third-order valence-electron chi connectivity index (χ3n) is 0.453. The Morgan fingerprint density at radius 3 is 2.33 bits per heavy atom. The first-order valence-electron chi connectivity index (χ1n) is 2.55. The summed E-state index contributed by atoms with van der Waals surface area (Å²) in [6.45, 7) is 5.38. The predicted octanol–water partition coefficient (Wildman–Crippen LogP) is 0.344. The van der Waals surface area contributed by atoms with E-state index in [1.165, 1.54) is 0 Å². The summed E-state index contributed by atoms with van der Waals surface area (Å²) in [6, 6.07) is 0. The molecular formula is C6H12O3. The fourth-order valence-electron chi connectivity index (χ4n) is 0.201. The van der Waals surface area contributed by atoms with Crippen LogP contribution >= 0.6 is 0 Å². The lowest BCUT2D eigenvalue weighted by atomic mass is 10.6. The van der Waals surface area contributed by atoms with Crippen LogP contribution in [-0.4, -0.2) is 24.8 Å². The molecule has 0 unspecified atom stereocenters. The molecule has 0 aromatic heterocycles. The maximum Gasteiger partial charge on any atom is 0.330 e. The van der Waals surface area contributed by atoms with Crippen molar-refractivity contribution in [3.8, 4) is 0 Å². The number of aliphatic hydroxyl groups excluding tert-OH is 1. The third kappa shape index (κ3) is 11.0. The van der Waals surface area contributed by atoms with Gasteiger partial charge in [-0.2, -0.15) is 0 Å². The molecule has 0 rings (SSSR count). The number of hydrogen-bond acceptors (Lipinski definition) is 3. The van der Waals surface area contributed by atoms with Crippen molar-refractivity contribution in [1.29, 1.82) is 0 Å². The normalized spacial score (nSPS) is 6.56. The first-order chi connectivity index (χ1) is 4.31. The Hall–Kier alpha value is -0.830. The highest BCUT2D eigenvalue weighted by Crippen LogP contribution is 1.74. The fourth-order valence-corrected chi connectivity index (χ4v) is 0.201. The van der Waals surface area contributed by atoms with E-state index in [0.29, 0.717) is 6.61 Å². The van der Waals surface area contributed by atoms with Gasteiger partial charge in [0.25, 0.3) is 0 Å². The minimum Gasteiger partial charge on any atom is -0.463 e. The van der Waals surface area contributed by atoms with Crippen LogP contribution in [0.4, 0.5) is 0 Å². The van der Waals surface area contributed by atoms with Gasteiger partial charge in [-0.1, -0.05) is 6.58 Å². The summed E-state index contributed by atoms with van der Waals surface area (Å²) in [5.74, 6) is -0.359. The molecule has 0 atom stereocenters. The molecule has 0 radical (unpaired) electrons. The minimum atomic E-state index is -0.359. The van der Waals surface area contributed by atoms with E-state index in [-0.39, 0.29) is 5.97 Å². The van der Waals surface area contributed by atoms with Gasteiger partial charge in [0, 0.05) is 13.2 Å². The van der Waals surface area contributed by atoms with Crippen molar-refractivity contribution in [1.82, 2.24) is 0 Å². The number of esters is 1. The van der Waals surface area contributed by atoms with E-state index >= 15 is 0 Å². The topological polar surface area (TPSA) is 46.5 Å². The zero-order chi connectivity index (χ0) is 7.70. The van der Waals surface area contributed by atoms with Crippen LogP contribution < -0.4 is 0 Å². The van der Waals surface area contributed by atoms with E-state index in [1.807, 2.05) is 0 Å². The van der Waals surface area contributed by atoms with Gasteiger partial charge in [-0.3, -0.25) is 0 Å². The van der Waals surface area contributed by atoms with Crippen LogP contribution in [0, 0.1) is 0 Å². The first kappa shape index (κ1) is 11.0. The van der Waals surface area contributed by atoms with Gasteiger partial charge in [0.15, 0.2) is 0 Å². The maximum atomic E-state index is 10.1. The summed E-state index contributed by atoms with van der Waals surface area (Å²) in [5, 5.41) is 7.00. The van der Waals surface area contributed by atoms with Gasteiger partial charge < -0.3 is 9.84 Å². The predicted molar refractivity (Wildman–Crippen MR) is 35.0 cm³/mol. The van der Waals surface area contributed by atoms with Crippen molar-refractivity contribution >= 4 is 5.97 Å². The molecule has 1 N–H and O–H groups in total. The molecular weight excluding hydrogens is 120 g/mol. The van der Waals surface area contributed by atoms with E-state index in [4.69, 9.17) is 5.11 Å². The van der Waals surface area contributed by atoms with Gasteiger partial charge >= 0.3 is 5.97 Å². The first-order valence-corrected chi connectivity index (χ1v) is 2.55. The van der Waals surface area contributed by atoms with Crippen molar-refractivity contribution in [3.05, 3.63) is 12.7 Å². The fraction of sp³-hybridized carbons (Fsp3) is 0.500. The molecule has 0 amide bonds. The molecule has 54 valence electrons. The molecule has 0 heterocycles. The van der Waals surface area contributed by atoms with Crippen LogP contribution in [-0.2, 0) is 9.53 Å². The lowest BCUT2D eigenvalue weighted by Crippen LogP contribution is -1.97. The third-order valence-corrected chi connectivity index (χ3v) is 0.453. The largest absolute Gasteiger partial charge is 0.463 e. The molecule has 0 aliphatic rings. The summed E-state index contributed by atoms with van der Waals surface area (Å²) in [4.78, 5) is 10.1. The van der Waals surface area contributed by atoms with Gasteiger partial charge in [0.1, 0.15) is 0 Å². The Balaban J connectivity index is 0. The van der Waals surface area contributed by atoms with Gasteiger partial charge in [0.05, 0.1) is 6.61 Å². The highest BCUT2D eigenvalue weighted by molar-refractivity contribution is 5.81. The van der Waals surface area contributed by atoms with Crippen LogP contribution in [0.1, 0.15) is 6.92 Å².